The molecule has 3 aromatic rings. The number of rotatable bonds is 7. The largest absolute Gasteiger partial charge is 0.352 e. The third kappa shape index (κ3) is 5.13. The Morgan fingerprint density at radius 2 is 2.00 bits per heavy atom. The predicted molar refractivity (Wildman–Crippen MR) is 101 cm³/mol. The third-order valence-electron chi connectivity index (χ3n) is 3.94. The second-order valence-corrected chi connectivity index (χ2v) is 6.58. The van der Waals surface area contributed by atoms with Crippen LogP contribution in [0.4, 0.5) is 0 Å². The van der Waals surface area contributed by atoms with Gasteiger partial charge >= 0.3 is 0 Å². The molecular weight excluding hydrogens is 350 g/mol. The summed E-state index contributed by atoms with van der Waals surface area (Å²) in [6.07, 6.45) is 1.79. The minimum Gasteiger partial charge on any atom is -0.352 e. The average molecular weight is 370 g/mol. The zero-order chi connectivity index (χ0) is 18.4. The molecule has 1 N–H and O–H groups in total. The van der Waals surface area contributed by atoms with Crippen LogP contribution < -0.4 is 5.32 Å². The van der Waals surface area contributed by atoms with E-state index in [2.05, 4.69) is 32.9 Å². The fourth-order valence-electron chi connectivity index (χ4n) is 2.60. The van der Waals surface area contributed by atoms with Crippen LogP contribution in [0.15, 0.2) is 54.6 Å². The maximum Gasteiger partial charge on any atom is 0.243 e. The topological polar surface area (TPSA) is 72.7 Å². The summed E-state index contributed by atoms with van der Waals surface area (Å²) in [5.41, 5.74) is 2.03. The van der Waals surface area contributed by atoms with E-state index in [9.17, 15) is 4.79 Å². The minimum absolute atomic E-state index is 0.0310. The summed E-state index contributed by atoms with van der Waals surface area (Å²) in [5, 5.41) is 15.7. The molecule has 1 aromatic heterocycles. The van der Waals surface area contributed by atoms with Crippen LogP contribution in [-0.2, 0) is 17.8 Å². The van der Waals surface area contributed by atoms with Crippen LogP contribution in [0, 0.1) is 0 Å². The van der Waals surface area contributed by atoms with Gasteiger partial charge in [0.2, 0.25) is 11.7 Å². The Bertz CT molecular complexity index is 865. The van der Waals surface area contributed by atoms with Gasteiger partial charge < -0.3 is 5.32 Å². The molecule has 1 atom stereocenters. The molecule has 0 unspecified atom stereocenters. The first kappa shape index (κ1) is 18.1. The second-order valence-electron chi connectivity index (χ2n) is 6.15. The lowest BCUT2D eigenvalue weighted by molar-refractivity contribution is -0.122. The molecule has 3 rings (SSSR count). The van der Waals surface area contributed by atoms with E-state index < -0.39 is 0 Å². The standard InChI is InChI=1S/C19H20ClN5O/c1-14(10-11-15-6-3-2-4-7-15)21-18(26)13-25-23-19(22-24-25)16-8-5-9-17(20)12-16/h2-9,12,14H,10-11,13H2,1H3,(H,21,26)/t14-/m0/s1. The highest BCUT2D eigenvalue weighted by atomic mass is 35.5. The van der Waals surface area contributed by atoms with Crippen molar-refractivity contribution in [1.82, 2.24) is 25.5 Å². The number of benzene rings is 2. The van der Waals surface area contributed by atoms with E-state index in [1.54, 1.807) is 12.1 Å². The first-order valence-electron chi connectivity index (χ1n) is 8.47. The molecule has 0 spiro atoms. The fraction of sp³-hybridized carbons (Fsp3) is 0.263. The molecule has 0 bridgehead atoms. The number of hydrogen-bond donors (Lipinski definition) is 1. The molecule has 2 aromatic carbocycles. The van der Waals surface area contributed by atoms with E-state index in [1.807, 2.05) is 37.3 Å². The van der Waals surface area contributed by atoms with Crippen LogP contribution in [0.25, 0.3) is 11.4 Å². The molecule has 0 saturated heterocycles. The van der Waals surface area contributed by atoms with Gasteiger partial charge in [-0.25, -0.2) is 0 Å². The summed E-state index contributed by atoms with van der Waals surface area (Å²) < 4.78 is 0. The predicted octanol–water partition coefficient (Wildman–Crippen LogP) is 3.13. The third-order valence-corrected chi connectivity index (χ3v) is 4.17. The molecule has 0 aliphatic rings. The molecule has 0 aliphatic heterocycles. The Morgan fingerprint density at radius 1 is 1.19 bits per heavy atom. The monoisotopic (exact) mass is 369 g/mol. The fourth-order valence-corrected chi connectivity index (χ4v) is 2.79. The van der Waals surface area contributed by atoms with E-state index in [0.29, 0.717) is 10.8 Å². The van der Waals surface area contributed by atoms with Crippen molar-refractivity contribution in [2.45, 2.75) is 32.4 Å². The van der Waals surface area contributed by atoms with Gasteiger partial charge in [0.05, 0.1) is 0 Å². The van der Waals surface area contributed by atoms with Gasteiger partial charge in [-0.05, 0) is 42.7 Å². The van der Waals surface area contributed by atoms with E-state index in [0.717, 1.165) is 18.4 Å². The number of tetrazole rings is 1. The Hall–Kier alpha value is -2.73. The number of amides is 1. The highest BCUT2D eigenvalue weighted by molar-refractivity contribution is 6.30. The lowest BCUT2D eigenvalue weighted by atomic mass is 10.1. The molecule has 7 heteroatoms. The number of halogens is 1. The van der Waals surface area contributed by atoms with E-state index in [1.165, 1.54) is 10.4 Å². The highest BCUT2D eigenvalue weighted by Gasteiger charge is 2.12. The Labute approximate surface area is 157 Å². The number of aromatic nitrogens is 4. The molecule has 0 aliphatic carbocycles. The number of carbonyl (C=O) groups is 1. The molecule has 1 heterocycles. The number of nitrogens with zero attached hydrogens (tertiary/aromatic N) is 4. The van der Waals surface area contributed by atoms with Gasteiger partial charge in [-0.3, -0.25) is 4.79 Å². The van der Waals surface area contributed by atoms with Crippen molar-refractivity contribution in [2.24, 2.45) is 0 Å². The summed E-state index contributed by atoms with van der Waals surface area (Å²) in [5.74, 6) is 0.304. The summed E-state index contributed by atoms with van der Waals surface area (Å²) in [6.45, 7) is 2.02. The summed E-state index contributed by atoms with van der Waals surface area (Å²) in [7, 11) is 0. The van der Waals surface area contributed by atoms with Crippen LogP contribution in [0.5, 0.6) is 0 Å². The molecule has 26 heavy (non-hydrogen) atoms. The molecule has 0 saturated carbocycles. The van der Waals surface area contributed by atoms with Crippen molar-refractivity contribution >= 4 is 17.5 Å². The molecule has 134 valence electrons. The van der Waals surface area contributed by atoms with Gasteiger partial charge in [-0.2, -0.15) is 4.80 Å². The first-order chi connectivity index (χ1) is 12.6. The lowest BCUT2D eigenvalue weighted by Crippen LogP contribution is -2.35. The second kappa shape index (κ2) is 8.58. The normalized spacial score (nSPS) is 11.9. The van der Waals surface area contributed by atoms with Gasteiger partial charge in [0.1, 0.15) is 6.54 Å². The summed E-state index contributed by atoms with van der Waals surface area (Å²) in [6, 6.07) is 17.5. The van der Waals surface area contributed by atoms with Crippen LogP contribution in [0.1, 0.15) is 18.9 Å². The zero-order valence-electron chi connectivity index (χ0n) is 14.5. The summed E-state index contributed by atoms with van der Waals surface area (Å²) in [4.78, 5) is 13.5. The molecule has 6 nitrogen and oxygen atoms in total. The van der Waals surface area contributed by atoms with E-state index in [-0.39, 0.29) is 18.5 Å². The van der Waals surface area contributed by atoms with Gasteiger partial charge in [0, 0.05) is 16.6 Å². The molecule has 1 amide bonds. The first-order valence-corrected chi connectivity index (χ1v) is 8.85. The van der Waals surface area contributed by atoms with Crippen molar-refractivity contribution in [3.63, 3.8) is 0 Å². The number of aryl methyl sites for hydroxylation is 1. The van der Waals surface area contributed by atoms with Crippen molar-refractivity contribution in [3.05, 3.63) is 65.2 Å². The van der Waals surface area contributed by atoms with Gasteiger partial charge in [-0.15, -0.1) is 10.2 Å². The molecular formula is C19H20ClN5O. The van der Waals surface area contributed by atoms with Crippen LogP contribution in [-0.4, -0.2) is 32.2 Å². The van der Waals surface area contributed by atoms with Crippen molar-refractivity contribution in [1.29, 1.82) is 0 Å². The summed E-state index contributed by atoms with van der Waals surface area (Å²) >= 11 is 5.97. The maximum absolute atomic E-state index is 12.2. The quantitative estimate of drug-likeness (QED) is 0.694. The van der Waals surface area contributed by atoms with E-state index in [4.69, 9.17) is 11.6 Å². The lowest BCUT2D eigenvalue weighted by Gasteiger charge is -2.13. The van der Waals surface area contributed by atoms with Crippen LogP contribution in [0.2, 0.25) is 5.02 Å². The molecule has 0 fully saturated rings. The van der Waals surface area contributed by atoms with Gasteiger partial charge in [0.25, 0.3) is 0 Å². The van der Waals surface area contributed by atoms with E-state index >= 15 is 0 Å². The van der Waals surface area contributed by atoms with Crippen LogP contribution in [0.3, 0.4) is 0 Å². The zero-order valence-corrected chi connectivity index (χ0v) is 15.2. The minimum atomic E-state index is -0.138. The smallest absolute Gasteiger partial charge is 0.243 e. The Balaban J connectivity index is 1.50. The Morgan fingerprint density at radius 3 is 2.77 bits per heavy atom. The molecule has 0 radical (unpaired) electrons. The number of nitrogens with one attached hydrogen (secondary N) is 1. The van der Waals surface area contributed by atoms with Crippen molar-refractivity contribution in [2.75, 3.05) is 0 Å². The highest BCUT2D eigenvalue weighted by Crippen LogP contribution is 2.18. The van der Waals surface area contributed by atoms with Crippen molar-refractivity contribution in [3.8, 4) is 11.4 Å². The average Bonchev–Trinajstić information content (AvgIpc) is 3.09. The number of hydrogen-bond acceptors (Lipinski definition) is 4. The van der Waals surface area contributed by atoms with Gasteiger partial charge in [-0.1, -0.05) is 54.1 Å². The Kier molecular flexibility index (Phi) is 5.96. The van der Waals surface area contributed by atoms with Crippen molar-refractivity contribution < 1.29 is 4.79 Å². The van der Waals surface area contributed by atoms with Gasteiger partial charge in [0.15, 0.2) is 0 Å². The van der Waals surface area contributed by atoms with Crippen LogP contribution >= 0.6 is 11.6 Å². The number of carbonyl (C=O) groups excluding carboxylic acids is 1. The maximum atomic E-state index is 12.2. The SMILES string of the molecule is C[C@@H](CCc1ccccc1)NC(=O)Cn1nnc(-c2cccc(Cl)c2)n1.